The summed E-state index contributed by atoms with van der Waals surface area (Å²) in [5.41, 5.74) is 1.03. The minimum Gasteiger partial charge on any atom is -0.490 e. The van der Waals surface area contributed by atoms with Gasteiger partial charge in [-0.2, -0.15) is 0 Å². The minimum absolute atomic E-state index is 0.0695. The van der Waals surface area contributed by atoms with Crippen LogP contribution in [0.3, 0.4) is 0 Å². The molecule has 0 aliphatic heterocycles. The second-order valence-corrected chi connectivity index (χ2v) is 7.16. The molecule has 0 saturated heterocycles. The van der Waals surface area contributed by atoms with Crippen molar-refractivity contribution >= 4 is 39.8 Å². The second kappa shape index (κ2) is 10.5. The molecular weight excluding hydrogens is 364 g/mol. The Morgan fingerprint density at radius 1 is 0.846 bits per heavy atom. The standard InChI is InChI=1S/C21H18O3S2/c1-3-20(22)25-18-11-7-16(8-12-18)6-5-15-24-17-9-13-19(14-10-17)26-21(23)4-2/h3-14H,1-2,15H2. The van der Waals surface area contributed by atoms with Crippen molar-refractivity contribution in [3.63, 3.8) is 0 Å². The molecule has 5 heteroatoms. The van der Waals surface area contributed by atoms with E-state index in [0.717, 1.165) is 44.6 Å². The van der Waals surface area contributed by atoms with Gasteiger partial charge in [0.1, 0.15) is 12.4 Å². The third kappa shape index (κ3) is 6.78. The summed E-state index contributed by atoms with van der Waals surface area (Å²) in [6.45, 7) is 7.34. The predicted molar refractivity (Wildman–Crippen MR) is 110 cm³/mol. The van der Waals surface area contributed by atoms with E-state index in [-0.39, 0.29) is 10.2 Å². The highest BCUT2D eigenvalue weighted by Gasteiger charge is 2.01. The molecule has 3 nitrogen and oxygen atoms in total. The quantitative estimate of drug-likeness (QED) is 0.452. The van der Waals surface area contributed by atoms with E-state index in [9.17, 15) is 9.59 Å². The molecule has 0 unspecified atom stereocenters. The van der Waals surface area contributed by atoms with Crippen molar-refractivity contribution in [1.29, 1.82) is 0 Å². The fourth-order valence-corrected chi connectivity index (χ4v) is 3.07. The van der Waals surface area contributed by atoms with Crippen molar-refractivity contribution in [2.75, 3.05) is 6.61 Å². The van der Waals surface area contributed by atoms with Crippen LogP contribution in [0.1, 0.15) is 5.56 Å². The number of rotatable bonds is 8. The maximum Gasteiger partial charge on any atom is 0.216 e. The van der Waals surface area contributed by atoms with E-state index in [1.807, 2.05) is 60.7 Å². The SMILES string of the molecule is C=CC(=O)Sc1ccc(C=CCOc2ccc(SC(=O)C=C)cc2)cc1. The summed E-state index contributed by atoms with van der Waals surface area (Å²) in [4.78, 5) is 24.3. The van der Waals surface area contributed by atoms with Crippen LogP contribution in [0.25, 0.3) is 6.08 Å². The van der Waals surface area contributed by atoms with Gasteiger partial charge in [-0.25, -0.2) is 0 Å². The van der Waals surface area contributed by atoms with Crippen molar-refractivity contribution in [3.05, 3.63) is 85.5 Å². The first-order chi connectivity index (χ1) is 12.6. The molecule has 0 bridgehead atoms. The highest BCUT2D eigenvalue weighted by molar-refractivity contribution is 8.14. The zero-order valence-corrected chi connectivity index (χ0v) is 15.7. The number of benzene rings is 2. The van der Waals surface area contributed by atoms with Crippen LogP contribution in [0.2, 0.25) is 0 Å². The van der Waals surface area contributed by atoms with Gasteiger partial charge in [-0.15, -0.1) is 0 Å². The smallest absolute Gasteiger partial charge is 0.216 e. The zero-order valence-electron chi connectivity index (χ0n) is 14.1. The third-order valence-electron chi connectivity index (χ3n) is 3.13. The fourth-order valence-electron chi connectivity index (χ4n) is 1.90. The van der Waals surface area contributed by atoms with E-state index < -0.39 is 0 Å². The number of ether oxygens (including phenoxy) is 1. The average Bonchev–Trinajstić information content (AvgIpc) is 2.67. The van der Waals surface area contributed by atoms with E-state index in [4.69, 9.17) is 4.74 Å². The van der Waals surface area contributed by atoms with E-state index in [0.29, 0.717) is 6.61 Å². The number of carbonyl (C=O) groups is 2. The lowest BCUT2D eigenvalue weighted by molar-refractivity contribution is -0.107. The summed E-state index contributed by atoms with van der Waals surface area (Å²) < 4.78 is 5.64. The van der Waals surface area contributed by atoms with Gasteiger partial charge in [-0.3, -0.25) is 9.59 Å². The van der Waals surface area contributed by atoms with Crippen LogP contribution >= 0.6 is 23.5 Å². The normalized spacial score (nSPS) is 10.5. The first-order valence-electron chi connectivity index (χ1n) is 7.78. The summed E-state index contributed by atoms with van der Waals surface area (Å²) in [5, 5.41) is -0.153. The van der Waals surface area contributed by atoms with E-state index in [1.165, 1.54) is 12.2 Å². The highest BCUT2D eigenvalue weighted by atomic mass is 32.2. The van der Waals surface area contributed by atoms with Gasteiger partial charge >= 0.3 is 0 Å². The van der Waals surface area contributed by atoms with E-state index in [1.54, 1.807) is 0 Å². The van der Waals surface area contributed by atoms with Gasteiger partial charge in [-0.1, -0.05) is 31.4 Å². The van der Waals surface area contributed by atoms with Crippen molar-refractivity contribution < 1.29 is 14.3 Å². The zero-order chi connectivity index (χ0) is 18.8. The molecule has 0 atom stereocenters. The number of hydrogen-bond acceptors (Lipinski definition) is 5. The lowest BCUT2D eigenvalue weighted by Gasteiger charge is -2.04. The molecule has 0 heterocycles. The lowest BCUT2D eigenvalue weighted by atomic mass is 10.2. The Hall–Kier alpha value is -2.50. The van der Waals surface area contributed by atoms with Crippen LogP contribution in [0.15, 0.2) is 89.7 Å². The van der Waals surface area contributed by atoms with Gasteiger partial charge < -0.3 is 4.74 Å². The topological polar surface area (TPSA) is 43.4 Å². The molecule has 2 rings (SSSR count). The number of thioether (sulfide) groups is 2. The van der Waals surface area contributed by atoms with Crippen LogP contribution in [0.5, 0.6) is 5.75 Å². The van der Waals surface area contributed by atoms with Crippen LogP contribution in [-0.4, -0.2) is 16.8 Å². The van der Waals surface area contributed by atoms with Crippen molar-refractivity contribution in [1.82, 2.24) is 0 Å². The fraction of sp³-hybridized carbons (Fsp3) is 0.0476. The molecule has 2 aromatic carbocycles. The van der Waals surface area contributed by atoms with Crippen LogP contribution in [-0.2, 0) is 9.59 Å². The lowest BCUT2D eigenvalue weighted by Crippen LogP contribution is -1.93. The molecule has 0 amide bonds. The van der Waals surface area contributed by atoms with Gasteiger partial charge in [-0.05, 0) is 83.7 Å². The number of carbonyl (C=O) groups excluding carboxylic acids is 2. The highest BCUT2D eigenvalue weighted by Crippen LogP contribution is 2.22. The molecule has 2 aromatic rings. The van der Waals surface area contributed by atoms with Crippen molar-refractivity contribution in [3.8, 4) is 5.75 Å². The summed E-state index contributed by atoms with van der Waals surface area (Å²) >= 11 is 2.28. The molecule has 0 spiro atoms. The monoisotopic (exact) mass is 382 g/mol. The van der Waals surface area contributed by atoms with E-state index in [2.05, 4.69) is 13.2 Å². The molecule has 0 aliphatic carbocycles. The molecule has 0 saturated carbocycles. The number of hydrogen-bond donors (Lipinski definition) is 0. The van der Waals surface area contributed by atoms with Crippen molar-refractivity contribution in [2.24, 2.45) is 0 Å². The first-order valence-corrected chi connectivity index (χ1v) is 9.42. The Balaban J connectivity index is 1.81. The van der Waals surface area contributed by atoms with Gasteiger partial charge in [0.05, 0.1) is 0 Å². The third-order valence-corrected chi connectivity index (χ3v) is 4.88. The van der Waals surface area contributed by atoms with Gasteiger partial charge in [0, 0.05) is 9.79 Å². The van der Waals surface area contributed by atoms with Crippen LogP contribution in [0, 0.1) is 0 Å². The molecule has 0 aliphatic rings. The Morgan fingerprint density at radius 3 is 1.85 bits per heavy atom. The molecule has 132 valence electrons. The Kier molecular flexibility index (Phi) is 7.99. The maximum atomic E-state index is 11.3. The Bertz CT molecular complexity index is 806. The minimum atomic E-state index is -0.0834. The summed E-state index contributed by atoms with van der Waals surface area (Å²) in [6.07, 6.45) is 6.47. The average molecular weight is 383 g/mol. The van der Waals surface area contributed by atoms with Gasteiger partial charge in [0.25, 0.3) is 0 Å². The maximum absolute atomic E-state index is 11.3. The van der Waals surface area contributed by atoms with E-state index >= 15 is 0 Å². The summed E-state index contributed by atoms with van der Waals surface area (Å²) in [5.74, 6) is 0.736. The molecule has 0 N–H and O–H groups in total. The molecule has 0 aromatic heterocycles. The Labute approximate surface area is 161 Å². The molecule has 0 radical (unpaired) electrons. The van der Waals surface area contributed by atoms with Crippen LogP contribution in [0.4, 0.5) is 0 Å². The largest absolute Gasteiger partial charge is 0.490 e. The summed E-state index contributed by atoms with van der Waals surface area (Å²) in [7, 11) is 0. The van der Waals surface area contributed by atoms with Gasteiger partial charge in [0.2, 0.25) is 10.2 Å². The van der Waals surface area contributed by atoms with Crippen molar-refractivity contribution in [2.45, 2.75) is 9.79 Å². The predicted octanol–water partition coefficient (Wildman–Crippen LogP) is 5.39. The first kappa shape index (κ1) is 19.8. The molecule has 26 heavy (non-hydrogen) atoms. The second-order valence-electron chi connectivity index (χ2n) is 5.00. The molecule has 0 fully saturated rings. The van der Waals surface area contributed by atoms with Crippen LogP contribution < -0.4 is 4.74 Å². The summed E-state index contributed by atoms with van der Waals surface area (Å²) in [6, 6.07) is 15.0. The van der Waals surface area contributed by atoms with Gasteiger partial charge in [0.15, 0.2) is 0 Å². The Morgan fingerprint density at radius 2 is 1.35 bits per heavy atom. The molecular formula is C21H18O3S2.